The zero-order valence-corrected chi connectivity index (χ0v) is 29.1. The zero-order valence-electron chi connectivity index (χ0n) is 29.1. The summed E-state index contributed by atoms with van der Waals surface area (Å²) in [7, 11) is 0. The lowest BCUT2D eigenvalue weighted by Crippen LogP contribution is -2.01. The third-order valence-corrected chi connectivity index (χ3v) is 11.4. The summed E-state index contributed by atoms with van der Waals surface area (Å²) >= 11 is 0. The smallest absolute Gasteiger partial charge is 0.134 e. The highest BCUT2D eigenvalue weighted by Gasteiger charge is 2.23. The summed E-state index contributed by atoms with van der Waals surface area (Å²) in [5, 5.41) is 8.81. The van der Waals surface area contributed by atoms with Gasteiger partial charge in [-0.15, -0.1) is 0 Å². The average Bonchev–Trinajstić information content (AvgIpc) is 3.61. The van der Waals surface area contributed by atoms with Gasteiger partial charge >= 0.3 is 0 Å². The Hall–Kier alpha value is -6.70. The molecule has 0 N–H and O–H groups in total. The van der Waals surface area contributed by atoms with Crippen LogP contribution >= 0.6 is 0 Å². The Morgan fingerprint density at radius 2 is 0.830 bits per heavy atom. The molecule has 0 bridgehead atoms. The van der Waals surface area contributed by atoms with Crippen molar-refractivity contribution in [2.75, 3.05) is 0 Å². The van der Waals surface area contributed by atoms with Crippen molar-refractivity contribution in [2.24, 2.45) is 0 Å². The Kier molecular flexibility index (Phi) is 6.75. The van der Waals surface area contributed by atoms with Gasteiger partial charge in [-0.1, -0.05) is 164 Å². The highest BCUT2D eigenvalue weighted by atomic mass is 16.3. The second-order valence-corrected chi connectivity index (χ2v) is 14.3. The third kappa shape index (κ3) is 4.85. The molecule has 1 nitrogen and oxygen atoms in total. The standard InChI is InChI=1S/C52H34O/c1-2-11-39-31-41(26-23-33(39)9-1)51-45-15-7-5-13-43(45)50(44-14-6-8-16-46(44)51)38-24-21-35(22-25-38)34-17-19-36(20-18-34)40-28-29-48-47(32-40)52-42-12-4-3-10-37(42)27-30-49(52)53-48/h1-26,28-29,31-32H,27,30H2. The van der Waals surface area contributed by atoms with E-state index in [0.717, 1.165) is 24.2 Å². The Morgan fingerprint density at radius 3 is 1.51 bits per heavy atom. The molecule has 0 saturated carbocycles. The van der Waals surface area contributed by atoms with Crippen LogP contribution < -0.4 is 0 Å². The van der Waals surface area contributed by atoms with Crippen LogP contribution in [0.4, 0.5) is 0 Å². The number of furan rings is 1. The molecule has 0 unspecified atom stereocenters. The quantitative estimate of drug-likeness (QED) is 0.169. The van der Waals surface area contributed by atoms with E-state index < -0.39 is 0 Å². The molecule has 11 rings (SSSR count). The summed E-state index contributed by atoms with van der Waals surface area (Å²) in [6.07, 6.45) is 1.98. The predicted molar refractivity (Wildman–Crippen MR) is 223 cm³/mol. The molecule has 1 heteroatoms. The molecule has 1 aliphatic carbocycles. The normalized spacial score (nSPS) is 12.4. The lowest BCUT2D eigenvalue weighted by molar-refractivity contribution is 0.546. The number of hydrogen-bond donors (Lipinski definition) is 0. The van der Waals surface area contributed by atoms with Gasteiger partial charge in [0.05, 0.1) is 0 Å². The van der Waals surface area contributed by atoms with Gasteiger partial charge in [-0.25, -0.2) is 0 Å². The molecule has 0 atom stereocenters. The van der Waals surface area contributed by atoms with E-state index in [2.05, 4.69) is 182 Å². The largest absolute Gasteiger partial charge is 0.460 e. The van der Waals surface area contributed by atoms with E-state index in [-0.39, 0.29) is 0 Å². The van der Waals surface area contributed by atoms with E-state index in [9.17, 15) is 0 Å². The molecular formula is C52H34O. The van der Waals surface area contributed by atoms with E-state index in [0.29, 0.717) is 0 Å². The Labute approximate surface area is 308 Å². The summed E-state index contributed by atoms with van der Waals surface area (Å²) in [5.41, 5.74) is 14.8. The van der Waals surface area contributed by atoms with Crippen molar-refractivity contribution in [1.29, 1.82) is 0 Å². The second-order valence-electron chi connectivity index (χ2n) is 14.3. The van der Waals surface area contributed by atoms with Gasteiger partial charge in [0.1, 0.15) is 11.3 Å². The fourth-order valence-electron chi connectivity index (χ4n) is 8.81. The van der Waals surface area contributed by atoms with E-state index >= 15 is 0 Å². The van der Waals surface area contributed by atoms with E-state index in [1.54, 1.807) is 0 Å². The minimum Gasteiger partial charge on any atom is -0.460 e. The van der Waals surface area contributed by atoms with E-state index in [4.69, 9.17) is 4.42 Å². The van der Waals surface area contributed by atoms with Crippen molar-refractivity contribution in [2.45, 2.75) is 12.8 Å². The molecule has 0 saturated heterocycles. The first-order valence-corrected chi connectivity index (χ1v) is 18.5. The van der Waals surface area contributed by atoms with E-state index in [1.807, 2.05) is 0 Å². The van der Waals surface area contributed by atoms with Crippen LogP contribution in [0.25, 0.3) is 98.9 Å². The summed E-state index contributed by atoms with van der Waals surface area (Å²) in [4.78, 5) is 0. The van der Waals surface area contributed by atoms with Gasteiger partial charge in [0.25, 0.3) is 0 Å². The lowest BCUT2D eigenvalue weighted by Gasteiger charge is -2.18. The van der Waals surface area contributed by atoms with Crippen molar-refractivity contribution in [3.63, 3.8) is 0 Å². The second kappa shape index (κ2) is 11.9. The van der Waals surface area contributed by atoms with Crippen molar-refractivity contribution in [3.05, 3.63) is 193 Å². The van der Waals surface area contributed by atoms with Gasteiger partial charge in [0, 0.05) is 17.4 Å². The minimum absolute atomic E-state index is 0.951. The van der Waals surface area contributed by atoms with Crippen LogP contribution in [0.1, 0.15) is 11.3 Å². The highest BCUT2D eigenvalue weighted by Crippen LogP contribution is 2.45. The first kappa shape index (κ1) is 30.0. The van der Waals surface area contributed by atoms with Crippen LogP contribution in [0.3, 0.4) is 0 Å². The third-order valence-electron chi connectivity index (χ3n) is 11.4. The van der Waals surface area contributed by atoms with E-state index in [1.165, 1.54) is 98.9 Å². The molecule has 9 aromatic carbocycles. The number of hydrogen-bond acceptors (Lipinski definition) is 1. The van der Waals surface area contributed by atoms with Crippen LogP contribution in [0, 0.1) is 0 Å². The molecule has 53 heavy (non-hydrogen) atoms. The monoisotopic (exact) mass is 674 g/mol. The molecule has 0 aliphatic heterocycles. The minimum atomic E-state index is 0.951. The van der Waals surface area contributed by atoms with Crippen LogP contribution in [0.2, 0.25) is 0 Å². The maximum atomic E-state index is 6.34. The van der Waals surface area contributed by atoms with Gasteiger partial charge < -0.3 is 4.42 Å². The Bertz CT molecular complexity index is 2980. The first-order valence-electron chi connectivity index (χ1n) is 18.5. The predicted octanol–water partition coefficient (Wildman–Crippen LogP) is 14.3. The summed E-state index contributed by atoms with van der Waals surface area (Å²) in [5.74, 6) is 1.11. The summed E-state index contributed by atoms with van der Waals surface area (Å²) < 4.78 is 6.34. The van der Waals surface area contributed by atoms with Crippen molar-refractivity contribution in [3.8, 4) is 55.6 Å². The lowest BCUT2D eigenvalue weighted by atomic mass is 9.85. The number of fused-ring (bicyclic) bond motifs is 8. The highest BCUT2D eigenvalue weighted by molar-refractivity contribution is 6.21. The summed E-state index contributed by atoms with van der Waals surface area (Å²) in [6, 6.07) is 66.8. The van der Waals surface area contributed by atoms with Gasteiger partial charge in [-0.3, -0.25) is 0 Å². The topological polar surface area (TPSA) is 13.1 Å². The van der Waals surface area contributed by atoms with Crippen LogP contribution in [-0.2, 0) is 12.8 Å². The number of rotatable bonds is 4. The molecule has 10 aromatic rings. The maximum absolute atomic E-state index is 6.34. The molecule has 1 heterocycles. The summed E-state index contributed by atoms with van der Waals surface area (Å²) in [6.45, 7) is 0. The van der Waals surface area contributed by atoms with Gasteiger partial charge in [-0.05, 0) is 113 Å². The fraction of sp³-hybridized carbons (Fsp3) is 0.0385. The SMILES string of the molecule is c1ccc2c(c1)CCc1oc3ccc(-c4ccc(-c5ccc(-c6c7ccccc7c(-c7ccc8ccccc8c7)c7ccccc67)cc5)cc4)cc3c1-2. The fourth-order valence-corrected chi connectivity index (χ4v) is 8.81. The average molecular weight is 675 g/mol. The van der Waals surface area contributed by atoms with Crippen LogP contribution in [0.15, 0.2) is 186 Å². The van der Waals surface area contributed by atoms with Crippen molar-refractivity contribution in [1.82, 2.24) is 0 Å². The molecule has 0 spiro atoms. The Balaban J connectivity index is 0.960. The molecule has 0 amide bonds. The first-order chi connectivity index (χ1) is 26.3. The van der Waals surface area contributed by atoms with Gasteiger partial charge in [-0.2, -0.15) is 0 Å². The van der Waals surface area contributed by atoms with Crippen LogP contribution in [-0.4, -0.2) is 0 Å². The maximum Gasteiger partial charge on any atom is 0.134 e. The molecule has 1 aliphatic rings. The molecule has 248 valence electrons. The Morgan fingerprint density at radius 1 is 0.321 bits per heavy atom. The van der Waals surface area contributed by atoms with Crippen LogP contribution in [0.5, 0.6) is 0 Å². The number of aryl methyl sites for hydroxylation is 2. The van der Waals surface area contributed by atoms with Crippen molar-refractivity contribution < 1.29 is 4.42 Å². The molecule has 0 radical (unpaired) electrons. The molecule has 0 fully saturated rings. The van der Waals surface area contributed by atoms with Crippen molar-refractivity contribution >= 4 is 43.3 Å². The van der Waals surface area contributed by atoms with Gasteiger partial charge in [0.2, 0.25) is 0 Å². The zero-order chi connectivity index (χ0) is 34.9. The number of benzene rings is 9. The molecular weight excluding hydrogens is 641 g/mol. The van der Waals surface area contributed by atoms with Gasteiger partial charge in [0.15, 0.2) is 0 Å². The molecule has 1 aromatic heterocycles.